The van der Waals surface area contributed by atoms with Gasteiger partial charge >= 0.3 is 0 Å². The van der Waals surface area contributed by atoms with E-state index in [-0.39, 0.29) is 24.0 Å². The average molecular weight is 525 g/mol. The van der Waals surface area contributed by atoms with Gasteiger partial charge in [-0.1, -0.05) is 30.4 Å². The maximum absolute atomic E-state index is 4.62. The largest absolute Gasteiger partial charge is 0.360 e. The lowest BCUT2D eigenvalue weighted by molar-refractivity contribution is 0.189. The zero-order valence-corrected chi connectivity index (χ0v) is 19.9. The second-order valence-electron chi connectivity index (χ2n) is 7.18. The Bertz CT molecular complexity index is 891. The van der Waals surface area contributed by atoms with Crippen molar-refractivity contribution in [3.63, 3.8) is 0 Å². The van der Waals surface area contributed by atoms with E-state index in [4.69, 9.17) is 0 Å². The molecule has 4 rings (SSSR count). The predicted molar refractivity (Wildman–Crippen MR) is 132 cm³/mol. The van der Waals surface area contributed by atoms with Crippen LogP contribution in [0.2, 0.25) is 0 Å². The zero-order chi connectivity index (χ0) is 19.3. The molecule has 0 saturated carbocycles. The van der Waals surface area contributed by atoms with Crippen LogP contribution in [0.15, 0.2) is 48.0 Å². The Balaban J connectivity index is 0.00000240. The fourth-order valence-corrected chi connectivity index (χ4v) is 4.61. The molecule has 2 N–H and O–H groups in total. The average Bonchev–Trinajstić information content (AvgIpc) is 3.38. The first-order chi connectivity index (χ1) is 13.7. The molecule has 0 amide bonds. The number of thiazole rings is 1. The molecule has 0 bridgehead atoms. The number of anilines is 1. The summed E-state index contributed by atoms with van der Waals surface area (Å²) in [5.74, 6) is 1.59. The molecule has 2 aromatic heterocycles. The van der Waals surface area contributed by atoms with Crippen LogP contribution in [0.4, 0.5) is 5.13 Å². The molecule has 1 saturated heterocycles. The van der Waals surface area contributed by atoms with Crippen molar-refractivity contribution in [2.24, 2.45) is 10.9 Å². The summed E-state index contributed by atoms with van der Waals surface area (Å²) in [4.78, 5) is 15.7. The summed E-state index contributed by atoms with van der Waals surface area (Å²) < 4.78 is 3.43. The molecule has 1 aromatic carbocycles. The van der Waals surface area contributed by atoms with Crippen molar-refractivity contribution in [3.05, 3.63) is 43.0 Å². The van der Waals surface area contributed by atoms with Gasteiger partial charge in [0.2, 0.25) is 0 Å². The lowest BCUT2D eigenvalue weighted by Crippen LogP contribution is -2.49. The number of hydrogen-bond acceptors (Lipinski definition) is 5. The normalized spacial score (nSPS) is 19.8. The molecule has 156 valence electrons. The summed E-state index contributed by atoms with van der Waals surface area (Å²) in [6, 6.07) is 8.65. The molecule has 7 nitrogen and oxygen atoms in total. The number of fused-ring (bicyclic) bond motifs is 1. The van der Waals surface area contributed by atoms with Crippen LogP contribution in [-0.2, 0) is 0 Å². The van der Waals surface area contributed by atoms with E-state index in [1.807, 2.05) is 37.8 Å². The van der Waals surface area contributed by atoms with Crippen LogP contribution in [0.5, 0.6) is 0 Å². The second kappa shape index (κ2) is 10.2. The van der Waals surface area contributed by atoms with Crippen molar-refractivity contribution in [3.8, 4) is 0 Å². The third kappa shape index (κ3) is 5.19. The van der Waals surface area contributed by atoms with Gasteiger partial charge in [-0.2, -0.15) is 0 Å². The van der Waals surface area contributed by atoms with E-state index in [1.54, 1.807) is 11.3 Å². The minimum atomic E-state index is 0. The molecule has 1 aliphatic heterocycles. The highest BCUT2D eigenvalue weighted by molar-refractivity contribution is 14.0. The Morgan fingerprint density at radius 1 is 1.31 bits per heavy atom. The van der Waals surface area contributed by atoms with Crippen molar-refractivity contribution in [2.75, 3.05) is 38.5 Å². The number of likely N-dealkylation sites (tertiary alicyclic amines) is 1. The number of halogens is 1. The van der Waals surface area contributed by atoms with Gasteiger partial charge in [0, 0.05) is 45.6 Å². The number of piperidine rings is 1. The molecule has 2 atom stereocenters. The van der Waals surface area contributed by atoms with Gasteiger partial charge in [-0.15, -0.1) is 24.0 Å². The first-order valence-electron chi connectivity index (χ1n) is 9.77. The quantitative estimate of drug-likeness (QED) is 0.230. The molecule has 3 heterocycles. The number of aromatic nitrogens is 3. The van der Waals surface area contributed by atoms with Crippen LogP contribution >= 0.6 is 35.3 Å². The van der Waals surface area contributed by atoms with Gasteiger partial charge in [0.1, 0.15) is 0 Å². The van der Waals surface area contributed by atoms with Gasteiger partial charge in [-0.05, 0) is 24.5 Å². The number of nitrogens with one attached hydrogen (secondary N) is 2. The van der Waals surface area contributed by atoms with E-state index in [0.29, 0.717) is 12.0 Å². The molecule has 0 radical (unpaired) electrons. The summed E-state index contributed by atoms with van der Waals surface area (Å²) in [6.07, 6.45) is 6.98. The van der Waals surface area contributed by atoms with E-state index in [9.17, 15) is 0 Å². The van der Waals surface area contributed by atoms with E-state index in [1.165, 1.54) is 4.70 Å². The van der Waals surface area contributed by atoms with E-state index >= 15 is 0 Å². The van der Waals surface area contributed by atoms with Gasteiger partial charge in [-0.25, -0.2) is 9.97 Å². The third-order valence-electron chi connectivity index (χ3n) is 5.32. The van der Waals surface area contributed by atoms with Gasteiger partial charge in [-0.3, -0.25) is 4.99 Å². The highest BCUT2D eigenvalue weighted by Gasteiger charge is 2.28. The maximum atomic E-state index is 4.62. The number of hydrogen-bond donors (Lipinski definition) is 2. The smallest absolute Gasteiger partial charge is 0.193 e. The third-order valence-corrected chi connectivity index (χ3v) is 6.31. The molecular weight excluding hydrogens is 497 g/mol. The van der Waals surface area contributed by atoms with Gasteiger partial charge in [0.15, 0.2) is 11.1 Å². The lowest BCUT2D eigenvalue weighted by atomic mass is 9.93. The highest BCUT2D eigenvalue weighted by atomic mass is 127. The summed E-state index contributed by atoms with van der Waals surface area (Å²) in [5, 5.41) is 7.87. The number of rotatable bonds is 5. The maximum Gasteiger partial charge on any atom is 0.193 e. The van der Waals surface area contributed by atoms with Crippen molar-refractivity contribution in [2.45, 2.75) is 19.4 Å². The number of guanidine groups is 1. The molecule has 9 heteroatoms. The molecule has 1 fully saturated rings. The van der Waals surface area contributed by atoms with E-state index in [2.05, 4.69) is 54.2 Å². The SMILES string of the molecule is CN=C(NCCNc1nc2ccccc2s1)N1CCC(C)C(n2ccnc2)C1.I. The van der Waals surface area contributed by atoms with Crippen molar-refractivity contribution < 1.29 is 0 Å². The second-order valence-corrected chi connectivity index (χ2v) is 8.21. The summed E-state index contributed by atoms with van der Waals surface area (Å²) in [7, 11) is 1.85. The van der Waals surface area contributed by atoms with Gasteiger partial charge in [0.05, 0.1) is 22.6 Å². The summed E-state index contributed by atoms with van der Waals surface area (Å²) in [6.45, 7) is 5.89. The Hall–Kier alpha value is -1.88. The summed E-state index contributed by atoms with van der Waals surface area (Å²) >= 11 is 1.69. The van der Waals surface area contributed by atoms with Crippen molar-refractivity contribution in [1.82, 2.24) is 24.8 Å². The molecule has 0 aliphatic carbocycles. The number of aliphatic imine (C=N–C) groups is 1. The molecule has 0 spiro atoms. The number of para-hydroxylation sites is 1. The van der Waals surface area contributed by atoms with Gasteiger partial charge in [0.25, 0.3) is 0 Å². The zero-order valence-electron chi connectivity index (χ0n) is 16.8. The summed E-state index contributed by atoms with van der Waals surface area (Å²) in [5.41, 5.74) is 1.05. The number of imidazole rings is 1. The first-order valence-corrected chi connectivity index (χ1v) is 10.6. The topological polar surface area (TPSA) is 70.4 Å². The minimum Gasteiger partial charge on any atom is -0.360 e. The highest BCUT2D eigenvalue weighted by Crippen LogP contribution is 2.27. The molecule has 1 aliphatic rings. The Labute approximate surface area is 192 Å². The molecule has 3 aromatic rings. The Kier molecular flexibility index (Phi) is 7.70. The van der Waals surface area contributed by atoms with Crippen molar-refractivity contribution >= 4 is 56.6 Å². The fraction of sp³-hybridized carbons (Fsp3) is 0.450. The van der Waals surface area contributed by atoms with Crippen LogP contribution in [0.25, 0.3) is 10.2 Å². The van der Waals surface area contributed by atoms with Crippen LogP contribution in [0.1, 0.15) is 19.4 Å². The minimum absolute atomic E-state index is 0. The lowest BCUT2D eigenvalue weighted by Gasteiger charge is -2.39. The van der Waals surface area contributed by atoms with Crippen LogP contribution < -0.4 is 10.6 Å². The molecule has 2 unspecified atom stereocenters. The van der Waals surface area contributed by atoms with E-state index < -0.39 is 0 Å². The monoisotopic (exact) mass is 525 g/mol. The fourth-order valence-electron chi connectivity index (χ4n) is 3.72. The van der Waals surface area contributed by atoms with E-state index in [0.717, 1.165) is 49.2 Å². The van der Waals surface area contributed by atoms with Crippen molar-refractivity contribution in [1.29, 1.82) is 0 Å². The first kappa shape index (κ1) is 21.8. The standard InChI is InChI=1S/C20H27N7S.HI/c1-15-7-11-26(13-17(15)27-12-10-22-14-27)19(21-2)23-8-9-24-20-25-16-5-3-4-6-18(16)28-20;/h3-6,10,12,14-15,17H,7-9,11,13H2,1-2H3,(H,21,23)(H,24,25);1H. The Morgan fingerprint density at radius 2 is 2.17 bits per heavy atom. The Morgan fingerprint density at radius 3 is 2.93 bits per heavy atom. The molecular formula is C20H28IN7S. The number of nitrogens with zero attached hydrogens (tertiary/aromatic N) is 5. The van der Waals surface area contributed by atoms with Gasteiger partial charge < -0.3 is 20.1 Å². The van der Waals surface area contributed by atoms with Crippen LogP contribution in [0, 0.1) is 5.92 Å². The van der Waals surface area contributed by atoms with Crippen LogP contribution in [0.3, 0.4) is 0 Å². The predicted octanol–water partition coefficient (Wildman–Crippen LogP) is 3.68. The molecule has 29 heavy (non-hydrogen) atoms. The van der Waals surface area contributed by atoms with Crippen LogP contribution in [-0.4, -0.2) is 58.6 Å². The number of benzene rings is 1.